The average Bonchev–Trinajstić information content (AvgIpc) is 2.32. The quantitative estimate of drug-likeness (QED) is 0.843. The molecule has 0 spiro atoms. The van der Waals surface area contributed by atoms with Gasteiger partial charge in [-0.25, -0.2) is 4.98 Å². The molecular weight excluding hydrogens is 214 g/mol. The van der Waals surface area contributed by atoms with Crippen LogP contribution in [0.5, 0.6) is 0 Å². The van der Waals surface area contributed by atoms with Crippen LogP contribution in [-0.4, -0.2) is 30.3 Å². The molecule has 1 aliphatic rings. The molecule has 0 bridgehead atoms. The second-order valence-corrected chi connectivity index (χ2v) is 4.78. The van der Waals surface area contributed by atoms with Crippen LogP contribution in [0.3, 0.4) is 0 Å². The SMILES string of the molecule is Cc1ccc(CN)c(N2CC(C)OCC2C)n1. The maximum atomic E-state index is 5.79. The van der Waals surface area contributed by atoms with E-state index in [1.165, 1.54) is 0 Å². The number of hydrogen-bond acceptors (Lipinski definition) is 4. The van der Waals surface area contributed by atoms with Crippen LogP contribution in [0, 0.1) is 6.92 Å². The summed E-state index contributed by atoms with van der Waals surface area (Å²) in [6.07, 6.45) is 0.249. The highest BCUT2D eigenvalue weighted by molar-refractivity contribution is 5.49. The summed E-state index contributed by atoms with van der Waals surface area (Å²) in [5.74, 6) is 1.02. The van der Waals surface area contributed by atoms with E-state index in [1.807, 2.05) is 13.0 Å². The molecule has 94 valence electrons. The van der Waals surface area contributed by atoms with Crippen molar-refractivity contribution in [3.63, 3.8) is 0 Å². The lowest BCUT2D eigenvalue weighted by molar-refractivity contribution is 0.0339. The van der Waals surface area contributed by atoms with Gasteiger partial charge in [0.05, 0.1) is 18.8 Å². The Hall–Kier alpha value is -1.13. The van der Waals surface area contributed by atoms with Crippen LogP contribution < -0.4 is 10.6 Å². The number of morpholine rings is 1. The lowest BCUT2D eigenvalue weighted by atomic mass is 10.1. The van der Waals surface area contributed by atoms with E-state index < -0.39 is 0 Å². The van der Waals surface area contributed by atoms with Gasteiger partial charge in [-0.2, -0.15) is 0 Å². The van der Waals surface area contributed by atoms with Crippen molar-refractivity contribution in [3.05, 3.63) is 23.4 Å². The van der Waals surface area contributed by atoms with Gasteiger partial charge in [0, 0.05) is 24.3 Å². The molecule has 0 amide bonds. The van der Waals surface area contributed by atoms with Gasteiger partial charge in [0.2, 0.25) is 0 Å². The van der Waals surface area contributed by atoms with E-state index in [4.69, 9.17) is 10.5 Å². The van der Waals surface area contributed by atoms with E-state index in [2.05, 4.69) is 29.8 Å². The lowest BCUT2D eigenvalue weighted by Gasteiger charge is -2.38. The molecule has 1 aromatic heterocycles. The summed E-state index contributed by atoms with van der Waals surface area (Å²) < 4.78 is 5.64. The first-order valence-electron chi connectivity index (χ1n) is 6.16. The van der Waals surface area contributed by atoms with Crippen molar-refractivity contribution in [2.24, 2.45) is 5.73 Å². The predicted molar refractivity (Wildman–Crippen MR) is 69.1 cm³/mol. The highest BCUT2D eigenvalue weighted by atomic mass is 16.5. The summed E-state index contributed by atoms with van der Waals surface area (Å²) in [5.41, 5.74) is 7.93. The van der Waals surface area contributed by atoms with Gasteiger partial charge >= 0.3 is 0 Å². The summed E-state index contributed by atoms with van der Waals surface area (Å²) in [7, 11) is 0. The highest BCUT2D eigenvalue weighted by Gasteiger charge is 2.26. The first-order valence-corrected chi connectivity index (χ1v) is 6.16. The van der Waals surface area contributed by atoms with Gasteiger partial charge in [0.15, 0.2) is 0 Å². The molecule has 0 saturated carbocycles. The van der Waals surface area contributed by atoms with E-state index in [0.717, 1.165) is 30.2 Å². The second-order valence-electron chi connectivity index (χ2n) is 4.78. The van der Waals surface area contributed by atoms with Gasteiger partial charge in [-0.15, -0.1) is 0 Å². The fourth-order valence-corrected chi connectivity index (χ4v) is 2.18. The Morgan fingerprint density at radius 2 is 2.24 bits per heavy atom. The topological polar surface area (TPSA) is 51.4 Å². The third kappa shape index (κ3) is 2.58. The monoisotopic (exact) mass is 235 g/mol. The van der Waals surface area contributed by atoms with Crippen LogP contribution in [0.25, 0.3) is 0 Å². The maximum Gasteiger partial charge on any atom is 0.133 e. The summed E-state index contributed by atoms with van der Waals surface area (Å²) in [6, 6.07) is 4.44. The number of anilines is 1. The molecule has 1 aliphatic heterocycles. The van der Waals surface area contributed by atoms with E-state index >= 15 is 0 Å². The normalized spacial score (nSPS) is 25.1. The number of nitrogens with zero attached hydrogens (tertiary/aromatic N) is 2. The smallest absolute Gasteiger partial charge is 0.133 e. The van der Waals surface area contributed by atoms with Crippen molar-refractivity contribution >= 4 is 5.82 Å². The Labute approximate surface area is 103 Å². The molecule has 0 aliphatic carbocycles. The fourth-order valence-electron chi connectivity index (χ4n) is 2.18. The lowest BCUT2D eigenvalue weighted by Crippen LogP contribution is -2.48. The van der Waals surface area contributed by atoms with Crippen LogP contribution in [0.1, 0.15) is 25.1 Å². The van der Waals surface area contributed by atoms with Crippen molar-refractivity contribution in [1.29, 1.82) is 0 Å². The van der Waals surface area contributed by atoms with Crippen molar-refractivity contribution < 1.29 is 4.74 Å². The molecular formula is C13H21N3O. The first kappa shape index (κ1) is 12.3. The molecule has 2 rings (SSSR count). The molecule has 2 N–H and O–H groups in total. The van der Waals surface area contributed by atoms with Gasteiger partial charge in [-0.3, -0.25) is 0 Å². The molecule has 4 heteroatoms. The third-order valence-corrected chi connectivity index (χ3v) is 3.19. The van der Waals surface area contributed by atoms with Crippen LogP contribution in [0.15, 0.2) is 12.1 Å². The Morgan fingerprint density at radius 1 is 1.47 bits per heavy atom. The summed E-state index contributed by atoms with van der Waals surface area (Å²) in [5, 5.41) is 0. The zero-order valence-corrected chi connectivity index (χ0v) is 10.8. The average molecular weight is 235 g/mol. The molecule has 1 aromatic rings. The largest absolute Gasteiger partial charge is 0.375 e. The maximum absolute atomic E-state index is 5.79. The zero-order chi connectivity index (χ0) is 12.4. The van der Waals surface area contributed by atoms with Gasteiger partial charge in [-0.1, -0.05) is 6.07 Å². The molecule has 2 unspecified atom stereocenters. The van der Waals surface area contributed by atoms with Crippen molar-refractivity contribution in [2.75, 3.05) is 18.1 Å². The molecule has 1 saturated heterocycles. The highest BCUT2D eigenvalue weighted by Crippen LogP contribution is 2.23. The van der Waals surface area contributed by atoms with Crippen molar-refractivity contribution in [1.82, 2.24) is 4.98 Å². The van der Waals surface area contributed by atoms with Crippen LogP contribution >= 0.6 is 0 Å². The Kier molecular flexibility index (Phi) is 3.64. The minimum Gasteiger partial charge on any atom is -0.375 e. The molecule has 17 heavy (non-hydrogen) atoms. The van der Waals surface area contributed by atoms with Gasteiger partial charge < -0.3 is 15.4 Å². The molecule has 1 fully saturated rings. The minimum atomic E-state index is 0.249. The number of nitrogens with two attached hydrogens (primary N) is 1. The molecule has 0 radical (unpaired) electrons. The van der Waals surface area contributed by atoms with Crippen LogP contribution in [-0.2, 0) is 11.3 Å². The van der Waals surface area contributed by atoms with E-state index in [0.29, 0.717) is 12.6 Å². The van der Waals surface area contributed by atoms with E-state index in [-0.39, 0.29) is 6.10 Å². The minimum absolute atomic E-state index is 0.249. The van der Waals surface area contributed by atoms with Crippen LogP contribution in [0.2, 0.25) is 0 Å². The molecule has 0 aromatic carbocycles. The predicted octanol–water partition coefficient (Wildman–Crippen LogP) is 1.46. The van der Waals surface area contributed by atoms with Gasteiger partial charge in [0.25, 0.3) is 0 Å². The van der Waals surface area contributed by atoms with Gasteiger partial charge in [0.1, 0.15) is 5.82 Å². The van der Waals surface area contributed by atoms with E-state index in [1.54, 1.807) is 0 Å². The zero-order valence-electron chi connectivity index (χ0n) is 10.8. The molecule has 2 heterocycles. The van der Waals surface area contributed by atoms with Gasteiger partial charge in [-0.05, 0) is 26.8 Å². The Morgan fingerprint density at radius 3 is 2.94 bits per heavy atom. The number of aryl methyl sites for hydroxylation is 1. The Balaban J connectivity index is 2.33. The summed E-state index contributed by atoms with van der Waals surface area (Å²) in [4.78, 5) is 6.95. The summed E-state index contributed by atoms with van der Waals surface area (Å²) >= 11 is 0. The third-order valence-electron chi connectivity index (χ3n) is 3.19. The number of rotatable bonds is 2. The number of ether oxygens (including phenoxy) is 1. The second kappa shape index (κ2) is 5.02. The number of hydrogen-bond donors (Lipinski definition) is 1. The number of pyridine rings is 1. The molecule has 4 nitrogen and oxygen atoms in total. The van der Waals surface area contributed by atoms with Crippen molar-refractivity contribution in [3.8, 4) is 0 Å². The van der Waals surface area contributed by atoms with Crippen LogP contribution in [0.4, 0.5) is 5.82 Å². The first-order chi connectivity index (χ1) is 8.11. The molecule has 2 atom stereocenters. The standard InChI is InChI=1S/C13H21N3O/c1-9-4-5-12(6-14)13(15-9)16-7-11(3)17-8-10(16)2/h4-5,10-11H,6-8,14H2,1-3H3. The van der Waals surface area contributed by atoms with Crippen molar-refractivity contribution in [2.45, 2.75) is 39.5 Å². The summed E-state index contributed by atoms with van der Waals surface area (Å²) in [6.45, 7) is 8.43. The number of aromatic nitrogens is 1. The fraction of sp³-hybridized carbons (Fsp3) is 0.615. The Bertz CT molecular complexity index is 394. The van der Waals surface area contributed by atoms with E-state index in [9.17, 15) is 0 Å².